The van der Waals surface area contributed by atoms with E-state index in [1.165, 1.54) is 18.7 Å². The summed E-state index contributed by atoms with van der Waals surface area (Å²) in [5.41, 5.74) is 7.20. The molecule has 40 heavy (non-hydrogen) atoms. The van der Waals surface area contributed by atoms with Crippen molar-refractivity contribution >= 4 is 80.3 Å². The number of anilines is 1. The lowest BCUT2D eigenvalue weighted by atomic mass is 10.0. The number of fused-ring (bicyclic) bond motifs is 2. The van der Waals surface area contributed by atoms with Gasteiger partial charge in [0.1, 0.15) is 32.7 Å². The summed E-state index contributed by atoms with van der Waals surface area (Å²) in [6.07, 6.45) is 2.21. The molecule has 2 aliphatic heterocycles. The van der Waals surface area contributed by atoms with E-state index < -0.39 is 47.0 Å². The number of hydrogen-bond acceptors (Lipinski definition) is 10. The number of H-pyrrole nitrogens is 1. The lowest BCUT2D eigenvalue weighted by Crippen LogP contribution is -2.71. The Morgan fingerprint density at radius 3 is 2.85 bits per heavy atom. The van der Waals surface area contributed by atoms with E-state index in [9.17, 15) is 24.3 Å². The average Bonchev–Trinajstić information content (AvgIpc) is 3.53. The molecular formula is C23H21ClN7O7S2+. The van der Waals surface area contributed by atoms with Crippen molar-refractivity contribution in [3.05, 3.63) is 51.9 Å². The van der Waals surface area contributed by atoms with Gasteiger partial charge in [-0.1, -0.05) is 28.1 Å². The van der Waals surface area contributed by atoms with Crippen LogP contribution in [-0.2, 0) is 30.6 Å². The van der Waals surface area contributed by atoms with Crippen LogP contribution in [0.15, 0.2) is 47.0 Å². The number of halogens is 1. The Morgan fingerprint density at radius 2 is 2.17 bits per heavy atom. The molecule has 3 aromatic rings. The number of pyridine rings is 1. The first kappa shape index (κ1) is 27.4. The number of aliphatic carboxylic acids is 2. The minimum absolute atomic E-state index is 0.00210. The zero-order chi connectivity index (χ0) is 28.7. The third-order valence-corrected chi connectivity index (χ3v) is 8.61. The molecule has 6 N–H and O–H groups in total. The number of β-lactam (4-membered cyclic amide) rings is 1. The highest BCUT2D eigenvalue weighted by Gasteiger charge is 2.55. The number of carbonyl (C=O) groups excluding carboxylic acids is 2. The fraction of sp³-hybridized carbons (Fsp3) is 0.261. The number of rotatable bonds is 9. The fourth-order valence-corrected chi connectivity index (χ4v) is 6.54. The number of nitrogens with two attached hydrogens (primary N) is 1. The number of carbonyl (C=O) groups is 4. The van der Waals surface area contributed by atoms with Gasteiger partial charge in [-0.3, -0.25) is 14.5 Å². The Kier molecular flexibility index (Phi) is 7.39. The number of nitrogen functional groups attached to an aromatic ring is 1. The summed E-state index contributed by atoms with van der Waals surface area (Å²) in [4.78, 5) is 63.0. The molecule has 1 saturated heterocycles. The van der Waals surface area contributed by atoms with E-state index in [0.29, 0.717) is 11.3 Å². The molecule has 17 heteroatoms. The minimum atomic E-state index is -1.40. The Bertz CT molecular complexity index is 1620. The Balaban J connectivity index is 1.38. The van der Waals surface area contributed by atoms with Gasteiger partial charge in [0, 0.05) is 29.7 Å². The van der Waals surface area contributed by atoms with E-state index in [-0.39, 0.29) is 27.4 Å². The molecule has 3 atom stereocenters. The molecule has 2 aliphatic rings. The van der Waals surface area contributed by atoms with E-state index in [1.807, 2.05) is 29.0 Å². The van der Waals surface area contributed by atoms with Crippen LogP contribution in [0.3, 0.4) is 0 Å². The van der Waals surface area contributed by atoms with Crippen molar-refractivity contribution in [2.24, 2.45) is 5.16 Å². The van der Waals surface area contributed by atoms with Crippen LogP contribution in [0.5, 0.6) is 0 Å². The predicted octanol–water partition coefficient (Wildman–Crippen LogP) is 0.780. The average molecular weight is 607 g/mol. The fourth-order valence-electron chi connectivity index (χ4n) is 4.27. The number of thioether (sulfide) groups is 1. The number of carboxylic acid groups (broad SMARTS) is 2. The van der Waals surface area contributed by atoms with Gasteiger partial charge in [0.15, 0.2) is 23.6 Å². The number of aromatic nitrogens is 3. The molecule has 3 aromatic heterocycles. The Hall–Kier alpha value is -4.15. The van der Waals surface area contributed by atoms with Gasteiger partial charge in [-0.2, -0.15) is 4.57 Å². The van der Waals surface area contributed by atoms with Crippen LogP contribution in [0.2, 0.25) is 4.34 Å². The molecule has 0 spiro atoms. The topological polar surface area (TPSA) is 204 Å². The van der Waals surface area contributed by atoms with E-state index in [0.717, 1.165) is 27.3 Å². The maximum absolute atomic E-state index is 13.2. The minimum Gasteiger partial charge on any atom is -0.478 e. The largest absolute Gasteiger partial charge is 0.478 e. The maximum Gasteiger partial charge on any atom is 0.352 e. The number of aromatic amines is 1. The number of nitrogens with one attached hydrogen (secondary N) is 2. The summed E-state index contributed by atoms with van der Waals surface area (Å²) >= 11 is 8.30. The number of hydrogen-bond donors (Lipinski definition) is 5. The van der Waals surface area contributed by atoms with Gasteiger partial charge in [-0.15, -0.1) is 11.8 Å². The quantitative estimate of drug-likeness (QED) is 0.100. The summed E-state index contributed by atoms with van der Waals surface area (Å²) in [5.74, 6) is -3.85. The molecule has 1 fully saturated rings. The van der Waals surface area contributed by atoms with E-state index in [4.69, 9.17) is 27.3 Å². The van der Waals surface area contributed by atoms with E-state index in [1.54, 1.807) is 6.20 Å². The van der Waals surface area contributed by atoms with Gasteiger partial charge in [0.2, 0.25) is 11.6 Å². The van der Waals surface area contributed by atoms with Gasteiger partial charge >= 0.3 is 11.9 Å². The van der Waals surface area contributed by atoms with Gasteiger partial charge < -0.3 is 31.1 Å². The van der Waals surface area contributed by atoms with Gasteiger partial charge in [0.05, 0.1) is 0 Å². The standard InChI is InChI=1S/C23H20ClN7O7S2/c1-9(21(34)35)38-29-14(13-17(24)40-23(25)28-13)18(32)27-15-19(33)31-16(22(36)37)10(8-39-20(15)31)7-30-6-2-3-11-12(30)4-5-26-11/h2-6,9,15,20H,7-8H2,1H3,(H5,25,27,28,32,34,35,36,37)/p+1/b29-14-/t9-,15?,20?/m0/s1. The molecule has 0 radical (unpaired) electrons. The summed E-state index contributed by atoms with van der Waals surface area (Å²) < 4.78 is 1.89. The van der Waals surface area contributed by atoms with Crippen molar-refractivity contribution in [3.8, 4) is 0 Å². The summed E-state index contributed by atoms with van der Waals surface area (Å²) in [5, 5.41) is 24.6. The highest BCUT2D eigenvalue weighted by Crippen LogP contribution is 2.40. The zero-order valence-corrected chi connectivity index (χ0v) is 22.9. The van der Waals surface area contributed by atoms with Crippen LogP contribution in [-0.4, -0.2) is 77.8 Å². The number of carboxylic acids is 2. The predicted molar refractivity (Wildman–Crippen MR) is 144 cm³/mol. The van der Waals surface area contributed by atoms with Crippen molar-refractivity contribution in [1.82, 2.24) is 20.2 Å². The lowest BCUT2D eigenvalue weighted by Gasteiger charge is -2.49. The van der Waals surface area contributed by atoms with Crippen molar-refractivity contribution in [2.75, 3.05) is 11.5 Å². The normalized spacial score (nSPS) is 19.7. The lowest BCUT2D eigenvalue weighted by molar-refractivity contribution is -0.663. The first-order valence-electron chi connectivity index (χ1n) is 11.6. The maximum atomic E-state index is 13.2. The summed E-state index contributed by atoms with van der Waals surface area (Å²) in [6, 6.07) is 4.51. The summed E-state index contributed by atoms with van der Waals surface area (Å²) in [7, 11) is 0. The number of nitrogens with zero attached hydrogens (tertiary/aromatic N) is 4. The Morgan fingerprint density at radius 1 is 1.40 bits per heavy atom. The smallest absolute Gasteiger partial charge is 0.352 e. The molecule has 5 heterocycles. The van der Waals surface area contributed by atoms with Crippen LogP contribution in [0, 0.1) is 0 Å². The van der Waals surface area contributed by atoms with Crippen molar-refractivity contribution in [1.29, 1.82) is 0 Å². The number of oxime groups is 1. The molecule has 0 saturated carbocycles. The molecule has 5 rings (SSSR count). The summed E-state index contributed by atoms with van der Waals surface area (Å²) in [6.45, 7) is 1.45. The molecular weight excluding hydrogens is 586 g/mol. The molecule has 0 aromatic carbocycles. The van der Waals surface area contributed by atoms with Crippen LogP contribution in [0.4, 0.5) is 5.13 Å². The van der Waals surface area contributed by atoms with Crippen molar-refractivity contribution < 1.29 is 38.8 Å². The second kappa shape index (κ2) is 10.8. The first-order valence-corrected chi connectivity index (χ1v) is 13.9. The molecule has 14 nitrogen and oxygen atoms in total. The first-order chi connectivity index (χ1) is 19.1. The van der Waals surface area contributed by atoms with Gasteiger partial charge in [0.25, 0.3) is 11.8 Å². The van der Waals surface area contributed by atoms with E-state index in [2.05, 4.69) is 20.4 Å². The number of thiazole rings is 1. The molecule has 2 amide bonds. The zero-order valence-electron chi connectivity index (χ0n) is 20.5. The van der Waals surface area contributed by atoms with Gasteiger partial charge in [-0.25, -0.2) is 14.6 Å². The molecule has 208 valence electrons. The molecule has 0 aliphatic carbocycles. The molecule has 0 bridgehead atoms. The van der Waals surface area contributed by atoms with Crippen LogP contribution in [0.1, 0.15) is 12.6 Å². The van der Waals surface area contributed by atoms with Crippen LogP contribution >= 0.6 is 34.7 Å². The number of amides is 2. The van der Waals surface area contributed by atoms with Crippen LogP contribution in [0.25, 0.3) is 11.0 Å². The highest BCUT2D eigenvalue weighted by atomic mass is 35.5. The Labute approximate surface area is 238 Å². The van der Waals surface area contributed by atoms with E-state index >= 15 is 0 Å². The second-order valence-corrected chi connectivity index (χ2v) is 11.5. The van der Waals surface area contributed by atoms with Crippen molar-refractivity contribution in [3.63, 3.8) is 0 Å². The molecule has 2 unspecified atom stereocenters. The van der Waals surface area contributed by atoms with Crippen LogP contribution < -0.4 is 15.6 Å². The van der Waals surface area contributed by atoms with Crippen molar-refractivity contribution in [2.45, 2.75) is 31.0 Å². The third kappa shape index (κ3) is 4.96. The third-order valence-electron chi connectivity index (χ3n) is 6.18. The SMILES string of the molecule is C[C@H](O/N=C(\C(=O)NC1C(=O)N2C(C(=O)O)=C(C[n+]3cccc4[nH]ccc43)CSC12)c1nc(N)sc1Cl)C(=O)O. The highest BCUT2D eigenvalue weighted by molar-refractivity contribution is 8.00. The van der Waals surface area contributed by atoms with Gasteiger partial charge in [-0.05, 0) is 13.0 Å². The monoisotopic (exact) mass is 606 g/mol. The second-order valence-electron chi connectivity index (χ2n) is 8.73.